The average molecular weight is 327 g/mol. The molecular formula is C16H20Cl2N2O. The summed E-state index contributed by atoms with van der Waals surface area (Å²) in [7, 11) is 0. The summed E-state index contributed by atoms with van der Waals surface area (Å²) in [6.45, 7) is 4.45. The van der Waals surface area contributed by atoms with Crippen LogP contribution in [0, 0.1) is 5.92 Å². The van der Waals surface area contributed by atoms with Crippen LogP contribution in [0.5, 0.6) is 0 Å². The van der Waals surface area contributed by atoms with Crippen LogP contribution >= 0.6 is 23.2 Å². The third-order valence-electron chi connectivity index (χ3n) is 4.54. The normalized spacial score (nSPS) is 25.6. The quantitative estimate of drug-likeness (QED) is 0.859. The molecule has 0 bridgehead atoms. The summed E-state index contributed by atoms with van der Waals surface area (Å²) in [5, 5.41) is 4.74. The highest BCUT2D eigenvalue weighted by Gasteiger charge is 2.30. The van der Waals surface area contributed by atoms with Gasteiger partial charge in [0.2, 0.25) is 5.91 Å². The highest BCUT2D eigenvalue weighted by molar-refractivity contribution is 6.35. The van der Waals surface area contributed by atoms with Crippen molar-refractivity contribution < 1.29 is 4.79 Å². The number of piperidine rings is 1. The molecule has 2 atom stereocenters. The number of carbonyl (C=O) groups excluding carboxylic acids is 1. The fraction of sp³-hybridized carbons (Fsp3) is 0.562. The molecule has 2 aliphatic heterocycles. The van der Waals surface area contributed by atoms with E-state index >= 15 is 0 Å². The van der Waals surface area contributed by atoms with Crippen molar-refractivity contribution in [2.24, 2.45) is 5.92 Å². The van der Waals surface area contributed by atoms with Crippen molar-refractivity contribution in [3.05, 3.63) is 33.3 Å². The first-order valence-electron chi connectivity index (χ1n) is 7.53. The van der Waals surface area contributed by atoms with Gasteiger partial charge in [0.25, 0.3) is 0 Å². The second kappa shape index (κ2) is 6.15. The van der Waals surface area contributed by atoms with Crippen LogP contribution in [0.15, 0.2) is 12.1 Å². The van der Waals surface area contributed by atoms with Gasteiger partial charge in [-0.15, -0.1) is 0 Å². The van der Waals surface area contributed by atoms with E-state index in [0.29, 0.717) is 22.6 Å². The Hall–Kier alpha value is -0.770. The van der Waals surface area contributed by atoms with E-state index in [-0.39, 0.29) is 11.8 Å². The lowest BCUT2D eigenvalue weighted by atomic mass is 9.90. The SMILES string of the molecule is C[C@H]1C[C@@H](C(=O)N2CCc3cc(Cl)cc(Cl)c3C2)CCN1. The molecule has 2 aliphatic rings. The molecule has 1 aromatic carbocycles. The number of hydrogen-bond donors (Lipinski definition) is 1. The molecule has 0 spiro atoms. The van der Waals surface area contributed by atoms with Crippen molar-refractivity contribution in [3.63, 3.8) is 0 Å². The van der Waals surface area contributed by atoms with E-state index < -0.39 is 0 Å². The molecule has 0 radical (unpaired) electrons. The van der Waals surface area contributed by atoms with Gasteiger partial charge in [-0.3, -0.25) is 4.79 Å². The zero-order valence-corrected chi connectivity index (χ0v) is 13.7. The van der Waals surface area contributed by atoms with Crippen LogP contribution in [0.4, 0.5) is 0 Å². The maximum Gasteiger partial charge on any atom is 0.226 e. The molecule has 3 nitrogen and oxygen atoms in total. The number of hydrogen-bond acceptors (Lipinski definition) is 2. The molecule has 0 unspecified atom stereocenters. The molecule has 1 fully saturated rings. The monoisotopic (exact) mass is 326 g/mol. The van der Waals surface area contributed by atoms with E-state index in [4.69, 9.17) is 23.2 Å². The minimum atomic E-state index is 0.147. The summed E-state index contributed by atoms with van der Waals surface area (Å²) < 4.78 is 0. The van der Waals surface area contributed by atoms with Crippen molar-refractivity contribution in [1.82, 2.24) is 10.2 Å². The van der Waals surface area contributed by atoms with E-state index in [9.17, 15) is 4.79 Å². The molecule has 1 saturated heterocycles. The number of benzene rings is 1. The Morgan fingerprint density at radius 1 is 1.38 bits per heavy atom. The highest BCUT2D eigenvalue weighted by atomic mass is 35.5. The third-order valence-corrected chi connectivity index (χ3v) is 5.09. The van der Waals surface area contributed by atoms with E-state index in [0.717, 1.165) is 37.9 Å². The first-order chi connectivity index (χ1) is 10.0. The second-order valence-corrected chi connectivity index (χ2v) is 6.96. The van der Waals surface area contributed by atoms with Crippen molar-refractivity contribution in [1.29, 1.82) is 0 Å². The van der Waals surface area contributed by atoms with Gasteiger partial charge in [-0.1, -0.05) is 23.2 Å². The molecule has 21 heavy (non-hydrogen) atoms. The molecule has 1 aromatic rings. The number of halogens is 2. The predicted molar refractivity (Wildman–Crippen MR) is 85.8 cm³/mol. The maximum atomic E-state index is 12.7. The standard InChI is InChI=1S/C16H20Cl2N2O/c1-10-6-12(2-4-19-10)16(21)20-5-3-11-7-13(17)8-15(18)14(11)9-20/h7-8,10,12,19H,2-6,9H2,1H3/t10-,12-/m0/s1. The third kappa shape index (κ3) is 3.20. The van der Waals surface area contributed by atoms with Crippen LogP contribution in [0.25, 0.3) is 0 Å². The van der Waals surface area contributed by atoms with Gasteiger partial charge in [0.15, 0.2) is 0 Å². The Labute approximate surface area is 135 Å². The molecule has 0 saturated carbocycles. The lowest BCUT2D eigenvalue weighted by Gasteiger charge is -2.35. The molecule has 2 heterocycles. The molecule has 1 amide bonds. The summed E-state index contributed by atoms with van der Waals surface area (Å²) in [5.41, 5.74) is 2.23. The van der Waals surface area contributed by atoms with Gasteiger partial charge in [0, 0.05) is 35.1 Å². The van der Waals surface area contributed by atoms with Crippen LogP contribution < -0.4 is 5.32 Å². The second-order valence-electron chi connectivity index (χ2n) is 6.11. The Balaban J connectivity index is 1.75. The van der Waals surface area contributed by atoms with Crippen molar-refractivity contribution >= 4 is 29.1 Å². The first kappa shape index (κ1) is 15.1. The number of amides is 1. The van der Waals surface area contributed by atoms with Crippen LogP contribution in [0.3, 0.4) is 0 Å². The van der Waals surface area contributed by atoms with E-state index in [1.165, 1.54) is 5.56 Å². The summed E-state index contributed by atoms with van der Waals surface area (Å²) in [6, 6.07) is 4.16. The van der Waals surface area contributed by atoms with E-state index in [1.807, 2.05) is 11.0 Å². The van der Waals surface area contributed by atoms with Gasteiger partial charge in [0.05, 0.1) is 0 Å². The Kier molecular flexibility index (Phi) is 4.43. The molecule has 0 aliphatic carbocycles. The van der Waals surface area contributed by atoms with Crippen molar-refractivity contribution in [2.75, 3.05) is 13.1 Å². The molecule has 3 rings (SSSR count). The Bertz CT molecular complexity index is 561. The zero-order valence-electron chi connectivity index (χ0n) is 12.2. The fourth-order valence-electron chi connectivity index (χ4n) is 3.38. The van der Waals surface area contributed by atoms with Gasteiger partial charge in [-0.05, 0) is 56.0 Å². The van der Waals surface area contributed by atoms with Crippen LogP contribution in [-0.4, -0.2) is 29.9 Å². The number of nitrogens with zero attached hydrogens (tertiary/aromatic N) is 1. The topological polar surface area (TPSA) is 32.3 Å². The number of carbonyl (C=O) groups is 1. The first-order valence-corrected chi connectivity index (χ1v) is 8.29. The minimum Gasteiger partial charge on any atom is -0.338 e. The molecule has 0 aromatic heterocycles. The molecular weight excluding hydrogens is 307 g/mol. The number of nitrogens with one attached hydrogen (secondary N) is 1. The summed E-state index contributed by atoms with van der Waals surface area (Å²) >= 11 is 12.3. The number of rotatable bonds is 1. The van der Waals surface area contributed by atoms with Gasteiger partial charge in [0.1, 0.15) is 0 Å². The summed E-state index contributed by atoms with van der Waals surface area (Å²) in [6.07, 6.45) is 2.69. The summed E-state index contributed by atoms with van der Waals surface area (Å²) in [4.78, 5) is 14.7. The smallest absolute Gasteiger partial charge is 0.226 e. The molecule has 1 N–H and O–H groups in total. The average Bonchev–Trinajstić information content (AvgIpc) is 2.46. The van der Waals surface area contributed by atoms with Crippen LogP contribution in [0.2, 0.25) is 10.0 Å². The van der Waals surface area contributed by atoms with Gasteiger partial charge >= 0.3 is 0 Å². The summed E-state index contributed by atoms with van der Waals surface area (Å²) in [5.74, 6) is 0.425. The lowest BCUT2D eigenvalue weighted by Crippen LogP contribution is -2.45. The van der Waals surface area contributed by atoms with Crippen LogP contribution in [0.1, 0.15) is 30.9 Å². The Morgan fingerprint density at radius 2 is 2.19 bits per heavy atom. The molecule has 114 valence electrons. The highest BCUT2D eigenvalue weighted by Crippen LogP contribution is 2.31. The van der Waals surface area contributed by atoms with Gasteiger partial charge in [-0.2, -0.15) is 0 Å². The zero-order chi connectivity index (χ0) is 15.0. The van der Waals surface area contributed by atoms with E-state index in [2.05, 4.69) is 12.2 Å². The van der Waals surface area contributed by atoms with Crippen molar-refractivity contribution in [3.8, 4) is 0 Å². The maximum absolute atomic E-state index is 12.7. The minimum absolute atomic E-state index is 0.147. The predicted octanol–water partition coefficient (Wildman–Crippen LogP) is 3.27. The molecule has 5 heteroatoms. The van der Waals surface area contributed by atoms with Crippen molar-refractivity contribution in [2.45, 2.75) is 38.8 Å². The largest absolute Gasteiger partial charge is 0.338 e. The fourth-order valence-corrected chi connectivity index (χ4v) is 3.98. The number of fused-ring (bicyclic) bond motifs is 1. The van der Waals surface area contributed by atoms with Gasteiger partial charge < -0.3 is 10.2 Å². The van der Waals surface area contributed by atoms with E-state index in [1.54, 1.807) is 6.07 Å². The van der Waals surface area contributed by atoms with Gasteiger partial charge in [-0.25, -0.2) is 0 Å². The van der Waals surface area contributed by atoms with Crippen LogP contribution in [-0.2, 0) is 17.8 Å². The Morgan fingerprint density at radius 3 is 2.95 bits per heavy atom. The lowest BCUT2D eigenvalue weighted by molar-refractivity contribution is -0.137.